The Balaban J connectivity index is 1.46. The van der Waals surface area contributed by atoms with Crippen molar-refractivity contribution in [3.05, 3.63) is 36.5 Å². The quantitative estimate of drug-likeness (QED) is 0.543. The van der Waals surface area contributed by atoms with Crippen LogP contribution in [-0.4, -0.2) is 37.1 Å². The third kappa shape index (κ3) is 5.47. The highest BCUT2D eigenvalue weighted by molar-refractivity contribution is 5.93. The minimum absolute atomic E-state index is 0.0314. The van der Waals surface area contributed by atoms with Gasteiger partial charge in [0.15, 0.2) is 5.82 Å². The topological polar surface area (TPSA) is 139 Å². The van der Waals surface area contributed by atoms with Crippen LogP contribution in [0.15, 0.2) is 35.1 Å². The van der Waals surface area contributed by atoms with Crippen molar-refractivity contribution in [3.63, 3.8) is 0 Å². The van der Waals surface area contributed by atoms with Crippen LogP contribution >= 0.6 is 0 Å². The molecule has 3 rings (SSSR count). The molecule has 2 heterocycles. The van der Waals surface area contributed by atoms with Crippen molar-refractivity contribution in [2.45, 2.75) is 33.1 Å². The largest absolute Gasteiger partial charge is 0.339 e. The smallest absolute Gasteiger partial charge is 0.239 e. The van der Waals surface area contributed by atoms with Crippen molar-refractivity contribution >= 4 is 23.2 Å². The first-order valence-corrected chi connectivity index (χ1v) is 8.87. The van der Waals surface area contributed by atoms with E-state index in [0.29, 0.717) is 47.7 Å². The van der Waals surface area contributed by atoms with Gasteiger partial charge in [-0.05, 0) is 30.2 Å². The average Bonchev–Trinajstić information content (AvgIpc) is 3.32. The molecule has 10 nitrogen and oxygen atoms in total. The molecule has 2 amide bonds. The molecule has 3 N–H and O–H groups in total. The molecular formula is C18H21N7O3. The number of hydrogen-bond donors (Lipinski definition) is 3. The van der Waals surface area contributed by atoms with Gasteiger partial charge in [0.2, 0.25) is 23.5 Å². The molecule has 28 heavy (non-hydrogen) atoms. The van der Waals surface area contributed by atoms with E-state index in [-0.39, 0.29) is 18.2 Å². The third-order valence-electron chi connectivity index (χ3n) is 3.71. The molecule has 0 unspecified atom stereocenters. The highest BCUT2D eigenvalue weighted by Gasteiger charge is 2.12. The van der Waals surface area contributed by atoms with Gasteiger partial charge < -0.3 is 15.2 Å². The SMILES string of the molecule is CC(C)CC(=O)Nc1ccc(NC(=O)CCc2nc(-c3ncn[nH]3)no2)cc1. The molecule has 0 bridgehead atoms. The highest BCUT2D eigenvalue weighted by Crippen LogP contribution is 2.15. The molecule has 0 spiro atoms. The van der Waals surface area contributed by atoms with Gasteiger partial charge in [0.1, 0.15) is 6.33 Å². The lowest BCUT2D eigenvalue weighted by Crippen LogP contribution is -2.14. The fourth-order valence-electron chi connectivity index (χ4n) is 2.43. The molecule has 0 saturated carbocycles. The van der Waals surface area contributed by atoms with Crippen LogP contribution in [0.1, 0.15) is 32.6 Å². The Hall–Kier alpha value is -3.56. The Kier molecular flexibility index (Phi) is 6.10. The Morgan fingerprint density at radius 1 is 1.11 bits per heavy atom. The summed E-state index contributed by atoms with van der Waals surface area (Å²) < 4.78 is 5.10. The van der Waals surface area contributed by atoms with E-state index in [1.165, 1.54) is 6.33 Å². The van der Waals surface area contributed by atoms with E-state index in [9.17, 15) is 9.59 Å². The standard InChI is InChI=1S/C18H21N7O3/c1-11(2)9-15(27)22-13-5-3-12(4-6-13)21-14(26)7-8-16-23-18(25-28-16)17-19-10-20-24-17/h3-6,10-11H,7-9H2,1-2H3,(H,21,26)(H,22,27)(H,19,20,24). The van der Waals surface area contributed by atoms with Gasteiger partial charge in [-0.25, -0.2) is 4.98 Å². The molecule has 3 aromatic rings. The van der Waals surface area contributed by atoms with Crippen LogP contribution < -0.4 is 10.6 Å². The first-order valence-electron chi connectivity index (χ1n) is 8.87. The van der Waals surface area contributed by atoms with E-state index in [2.05, 4.69) is 36.0 Å². The Morgan fingerprint density at radius 2 is 1.79 bits per heavy atom. The summed E-state index contributed by atoms with van der Waals surface area (Å²) in [6.45, 7) is 3.98. The van der Waals surface area contributed by atoms with E-state index >= 15 is 0 Å². The fourth-order valence-corrected chi connectivity index (χ4v) is 2.43. The molecule has 0 aliphatic heterocycles. The number of rotatable bonds is 8. The number of hydrogen-bond acceptors (Lipinski definition) is 7. The van der Waals surface area contributed by atoms with Gasteiger partial charge in [-0.2, -0.15) is 10.1 Å². The molecule has 0 radical (unpaired) electrons. The minimum atomic E-state index is -0.184. The van der Waals surface area contributed by atoms with Gasteiger partial charge in [0.05, 0.1) is 0 Å². The fraction of sp³-hybridized carbons (Fsp3) is 0.333. The minimum Gasteiger partial charge on any atom is -0.339 e. The first kappa shape index (κ1) is 19.2. The number of carbonyl (C=O) groups excluding carboxylic acids is 2. The van der Waals surface area contributed by atoms with Crippen LogP contribution in [-0.2, 0) is 16.0 Å². The lowest BCUT2D eigenvalue weighted by Gasteiger charge is -2.09. The molecular weight excluding hydrogens is 362 g/mol. The molecule has 1 aromatic carbocycles. The summed E-state index contributed by atoms with van der Waals surface area (Å²) in [5, 5.41) is 15.8. The second kappa shape index (κ2) is 8.89. The van der Waals surface area contributed by atoms with Crippen LogP contribution in [0.25, 0.3) is 11.6 Å². The molecule has 0 atom stereocenters. The second-order valence-electron chi connectivity index (χ2n) is 6.62. The number of amides is 2. The van der Waals surface area contributed by atoms with Crippen LogP contribution in [0.4, 0.5) is 11.4 Å². The number of aromatic nitrogens is 5. The van der Waals surface area contributed by atoms with E-state index in [4.69, 9.17) is 4.52 Å². The summed E-state index contributed by atoms with van der Waals surface area (Å²) in [4.78, 5) is 32.0. The Labute approximate surface area is 161 Å². The van der Waals surface area contributed by atoms with Crippen molar-refractivity contribution in [2.75, 3.05) is 10.6 Å². The molecule has 0 aliphatic rings. The van der Waals surface area contributed by atoms with Crippen molar-refractivity contribution in [3.8, 4) is 11.6 Å². The monoisotopic (exact) mass is 383 g/mol. The number of H-pyrrole nitrogens is 1. The normalized spacial score (nSPS) is 10.8. The summed E-state index contributed by atoms with van der Waals surface area (Å²) in [7, 11) is 0. The maximum atomic E-state index is 12.1. The van der Waals surface area contributed by atoms with E-state index in [0.717, 1.165) is 0 Å². The van der Waals surface area contributed by atoms with Crippen LogP contribution in [0.3, 0.4) is 0 Å². The van der Waals surface area contributed by atoms with Crippen LogP contribution in [0, 0.1) is 5.92 Å². The lowest BCUT2D eigenvalue weighted by atomic mass is 10.1. The number of aromatic amines is 1. The molecule has 0 fully saturated rings. The van der Waals surface area contributed by atoms with Gasteiger partial charge in [-0.15, -0.1) is 0 Å². The zero-order valence-electron chi connectivity index (χ0n) is 15.6. The van der Waals surface area contributed by atoms with E-state index < -0.39 is 0 Å². The average molecular weight is 383 g/mol. The summed E-state index contributed by atoms with van der Waals surface area (Å²) in [6.07, 6.45) is 2.30. The predicted molar refractivity (Wildman–Crippen MR) is 101 cm³/mol. The maximum absolute atomic E-state index is 12.1. The molecule has 10 heteroatoms. The number of carbonyl (C=O) groups is 2. The summed E-state index contributed by atoms with van der Waals surface area (Å²) >= 11 is 0. The zero-order valence-corrected chi connectivity index (χ0v) is 15.6. The van der Waals surface area contributed by atoms with Crippen molar-refractivity contribution < 1.29 is 14.1 Å². The summed E-state index contributed by atoms with van der Waals surface area (Å²) in [6, 6.07) is 6.96. The number of aryl methyl sites for hydroxylation is 1. The van der Waals surface area contributed by atoms with Gasteiger partial charge in [0.25, 0.3) is 0 Å². The van der Waals surface area contributed by atoms with Crippen molar-refractivity contribution in [2.24, 2.45) is 5.92 Å². The summed E-state index contributed by atoms with van der Waals surface area (Å²) in [5.74, 6) is 1.11. The zero-order chi connectivity index (χ0) is 19.9. The predicted octanol–water partition coefficient (Wildman–Crippen LogP) is 2.41. The maximum Gasteiger partial charge on any atom is 0.239 e. The summed E-state index contributed by atoms with van der Waals surface area (Å²) in [5.41, 5.74) is 1.33. The Morgan fingerprint density at radius 3 is 2.39 bits per heavy atom. The number of nitrogens with zero attached hydrogens (tertiary/aromatic N) is 4. The molecule has 0 saturated heterocycles. The van der Waals surface area contributed by atoms with E-state index in [1.54, 1.807) is 24.3 Å². The van der Waals surface area contributed by atoms with Gasteiger partial charge in [-0.3, -0.25) is 14.7 Å². The molecule has 2 aromatic heterocycles. The number of benzene rings is 1. The second-order valence-corrected chi connectivity index (χ2v) is 6.62. The van der Waals surface area contributed by atoms with Crippen molar-refractivity contribution in [1.82, 2.24) is 25.3 Å². The van der Waals surface area contributed by atoms with E-state index in [1.807, 2.05) is 13.8 Å². The van der Waals surface area contributed by atoms with Gasteiger partial charge in [-0.1, -0.05) is 19.0 Å². The molecule has 146 valence electrons. The van der Waals surface area contributed by atoms with Gasteiger partial charge >= 0.3 is 0 Å². The third-order valence-corrected chi connectivity index (χ3v) is 3.71. The highest BCUT2D eigenvalue weighted by atomic mass is 16.5. The van der Waals surface area contributed by atoms with Gasteiger partial charge in [0, 0.05) is 30.6 Å². The Bertz CT molecular complexity index is 917. The number of nitrogens with one attached hydrogen (secondary N) is 3. The van der Waals surface area contributed by atoms with Crippen LogP contribution in [0.2, 0.25) is 0 Å². The molecule has 0 aliphatic carbocycles. The first-order chi connectivity index (χ1) is 13.5. The lowest BCUT2D eigenvalue weighted by molar-refractivity contribution is -0.117. The number of anilines is 2. The van der Waals surface area contributed by atoms with Crippen LogP contribution in [0.5, 0.6) is 0 Å². The van der Waals surface area contributed by atoms with Crippen molar-refractivity contribution in [1.29, 1.82) is 0 Å².